The van der Waals surface area contributed by atoms with Crippen molar-refractivity contribution in [2.75, 3.05) is 51.0 Å². The Balaban J connectivity index is 1.69. The molecule has 0 aliphatic carbocycles. The maximum absolute atomic E-state index is 11.1. The van der Waals surface area contributed by atoms with Gasteiger partial charge >= 0.3 is 5.97 Å². The number of unbranched alkanes of at least 4 members (excludes halogenated alkanes) is 1. The molecule has 2 aromatic carbocycles. The van der Waals surface area contributed by atoms with E-state index in [0.717, 1.165) is 60.7 Å². The molecule has 0 amide bonds. The molecule has 1 fully saturated rings. The number of hydrogen-bond donors (Lipinski definition) is 1. The van der Waals surface area contributed by atoms with E-state index in [1.807, 2.05) is 30.3 Å². The van der Waals surface area contributed by atoms with Crippen molar-refractivity contribution >= 4 is 17.7 Å². The van der Waals surface area contributed by atoms with Crippen LogP contribution in [-0.2, 0) is 14.3 Å². The lowest BCUT2D eigenvalue weighted by Gasteiger charge is -2.30. The molecule has 0 bridgehead atoms. The van der Waals surface area contributed by atoms with Gasteiger partial charge < -0.3 is 24.2 Å². The molecule has 0 aromatic heterocycles. The number of aliphatic carboxylic acids is 1. The lowest BCUT2D eigenvalue weighted by molar-refractivity contribution is -0.131. The second kappa shape index (κ2) is 12.1. The topological polar surface area (TPSA) is 68.2 Å². The Morgan fingerprint density at radius 1 is 1.06 bits per heavy atom. The number of morpholine rings is 1. The second-order valence-corrected chi connectivity index (χ2v) is 7.38. The van der Waals surface area contributed by atoms with Crippen LogP contribution in [0.25, 0.3) is 17.2 Å². The summed E-state index contributed by atoms with van der Waals surface area (Å²) in [6.45, 7) is 6.97. The van der Waals surface area contributed by atoms with Crippen LogP contribution in [0.2, 0.25) is 0 Å². The normalized spacial score (nSPS) is 14.2. The van der Waals surface area contributed by atoms with Crippen LogP contribution in [0.3, 0.4) is 0 Å². The van der Waals surface area contributed by atoms with Gasteiger partial charge in [0.15, 0.2) is 0 Å². The minimum Gasteiger partial charge on any atom is -0.491 e. The Morgan fingerprint density at radius 2 is 1.81 bits per heavy atom. The summed E-state index contributed by atoms with van der Waals surface area (Å²) >= 11 is 0. The number of ether oxygens (including phenoxy) is 3. The zero-order valence-corrected chi connectivity index (χ0v) is 18.1. The molecule has 1 heterocycles. The highest BCUT2D eigenvalue weighted by Crippen LogP contribution is 2.30. The first-order valence-electron chi connectivity index (χ1n) is 10.9. The molecule has 2 aromatic rings. The monoisotopic (exact) mass is 425 g/mol. The Hall–Kier alpha value is -2.83. The minimum absolute atomic E-state index is 0.529. The summed E-state index contributed by atoms with van der Waals surface area (Å²) < 4.78 is 16.7. The molecule has 31 heavy (non-hydrogen) atoms. The van der Waals surface area contributed by atoms with Gasteiger partial charge in [-0.2, -0.15) is 0 Å². The van der Waals surface area contributed by atoms with E-state index in [-0.39, 0.29) is 0 Å². The Morgan fingerprint density at radius 3 is 2.52 bits per heavy atom. The SMILES string of the molecule is CCCCOCCOc1ccc(-c2ccc(N3CCOCC3)c(C=CC(=O)O)c2)cc1. The van der Waals surface area contributed by atoms with Crippen LogP contribution in [0.15, 0.2) is 48.5 Å². The summed E-state index contributed by atoms with van der Waals surface area (Å²) in [5, 5.41) is 9.08. The molecule has 1 aliphatic rings. The highest BCUT2D eigenvalue weighted by molar-refractivity contribution is 5.88. The third-order valence-corrected chi connectivity index (χ3v) is 5.11. The molecular formula is C25H31NO5. The van der Waals surface area contributed by atoms with Gasteiger partial charge in [-0.25, -0.2) is 4.79 Å². The molecule has 166 valence electrons. The first-order valence-corrected chi connectivity index (χ1v) is 10.9. The van der Waals surface area contributed by atoms with E-state index < -0.39 is 5.97 Å². The molecule has 0 spiro atoms. The number of rotatable bonds is 11. The van der Waals surface area contributed by atoms with Crippen molar-refractivity contribution in [2.24, 2.45) is 0 Å². The maximum atomic E-state index is 11.1. The van der Waals surface area contributed by atoms with Crippen LogP contribution >= 0.6 is 0 Å². The molecule has 0 saturated carbocycles. The van der Waals surface area contributed by atoms with Gasteiger partial charge in [0.1, 0.15) is 12.4 Å². The summed E-state index contributed by atoms with van der Waals surface area (Å²) in [6.07, 6.45) is 5.04. The lowest BCUT2D eigenvalue weighted by Crippen LogP contribution is -2.36. The maximum Gasteiger partial charge on any atom is 0.328 e. The zero-order chi connectivity index (χ0) is 21.9. The zero-order valence-electron chi connectivity index (χ0n) is 18.1. The van der Waals surface area contributed by atoms with Crippen molar-refractivity contribution in [3.63, 3.8) is 0 Å². The van der Waals surface area contributed by atoms with Crippen molar-refractivity contribution in [1.29, 1.82) is 0 Å². The Kier molecular flexibility index (Phi) is 8.94. The summed E-state index contributed by atoms with van der Waals surface area (Å²) in [7, 11) is 0. The van der Waals surface area contributed by atoms with E-state index in [0.29, 0.717) is 26.4 Å². The van der Waals surface area contributed by atoms with Crippen LogP contribution in [0, 0.1) is 0 Å². The molecule has 0 radical (unpaired) electrons. The Bertz CT molecular complexity index is 857. The predicted octanol–water partition coefficient (Wildman–Crippen LogP) is 4.48. The predicted molar refractivity (Wildman–Crippen MR) is 123 cm³/mol. The molecule has 1 aliphatic heterocycles. The fourth-order valence-electron chi connectivity index (χ4n) is 3.43. The molecule has 3 rings (SSSR count). The largest absolute Gasteiger partial charge is 0.491 e. The molecule has 0 atom stereocenters. The van der Waals surface area contributed by atoms with Gasteiger partial charge in [-0.1, -0.05) is 31.5 Å². The number of carboxylic acid groups (broad SMARTS) is 1. The average Bonchev–Trinajstić information content (AvgIpc) is 2.81. The van der Waals surface area contributed by atoms with Gasteiger partial charge in [0, 0.05) is 31.5 Å². The third kappa shape index (κ3) is 7.12. The number of hydrogen-bond acceptors (Lipinski definition) is 5. The van der Waals surface area contributed by atoms with Crippen molar-refractivity contribution in [3.05, 3.63) is 54.1 Å². The standard InChI is InChI=1S/C25H31NO5/c1-2-3-14-29-17-18-31-23-8-4-20(5-9-23)21-6-10-24(26-12-15-30-16-13-26)22(19-21)7-11-25(27)28/h4-11,19H,2-3,12-18H2,1H3,(H,27,28). The lowest BCUT2D eigenvalue weighted by atomic mass is 10.0. The second-order valence-electron chi connectivity index (χ2n) is 7.38. The van der Waals surface area contributed by atoms with E-state index in [1.165, 1.54) is 6.08 Å². The van der Waals surface area contributed by atoms with Crippen LogP contribution in [-0.4, -0.2) is 57.2 Å². The first-order chi connectivity index (χ1) is 15.2. The molecule has 1 saturated heterocycles. The number of carbonyl (C=O) groups is 1. The fourth-order valence-corrected chi connectivity index (χ4v) is 3.43. The van der Waals surface area contributed by atoms with E-state index in [2.05, 4.69) is 24.0 Å². The van der Waals surface area contributed by atoms with Gasteiger partial charge in [0.2, 0.25) is 0 Å². The minimum atomic E-state index is -0.960. The molecule has 6 heteroatoms. The van der Waals surface area contributed by atoms with E-state index in [9.17, 15) is 4.79 Å². The fraction of sp³-hybridized carbons (Fsp3) is 0.400. The van der Waals surface area contributed by atoms with E-state index in [1.54, 1.807) is 6.08 Å². The van der Waals surface area contributed by atoms with Crippen molar-refractivity contribution in [3.8, 4) is 16.9 Å². The molecule has 6 nitrogen and oxygen atoms in total. The quantitative estimate of drug-likeness (QED) is 0.423. The number of nitrogens with zero attached hydrogens (tertiary/aromatic N) is 1. The van der Waals surface area contributed by atoms with Gasteiger partial charge in [-0.15, -0.1) is 0 Å². The number of anilines is 1. The number of benzene rings is 2. The first kappa shape index (κ1) is 22.8. The van der Waals surface area contributed by atoms with Crippen molar-refractivity contribution in [2.45, 2.75) is 19.8 Å². The van der Waals surface area contributed by atoms with Crippen LogP contribution in [0.1, 0.15) is 25.3 Å². The van der Waals surface area contributed by atoms with Gasteiger partial charge in [-0.05, 0) is 53.5 Å². The van der Waals surface area contributed by atoms with Crippen LogP contribution < -0.4 is 9.64 Å². The van der Waals surface area contributed by atoms with Crippen molar-refractivity contribution < 1.29 is 24.1 Å². The van der Waals surface area contributed by atoms with Gasteiger partial charge in [0.25, 0.3) is 0 Å². The number of carboxylic acids is 1. The summed E-state index contributed by atoms with van der Waals surface area (Å²) in [5.74, 6) is -0.155. The van der Waals surface area contributed by atoms with Crippen LogP contribution in [0.5, 0.6) is 5.75 Å². The molecule has 1 N–H and O–H groups in total. The molecule has 0 unspecified atom stereocenters. The van der Waals surface area contributed by atoms with E-state index in [4.69, 9.17) is 19.3 Å². The average molecular weight is 426 g/mol. The third-order valence-electron chi connectivity index (χ3n) is 5.11. The smallest absolute Gasteiger partial charge is 0.328 e. The molecular weight excluding hydrogens is 394 g/mol. The van der Waals surface area contributed by atoms with E-state index >= 15 is 0 Å². The summed E-state index contributed by atoms with van der Waals surface area (Å²) in [6, 6.07) is 14.1. The van der Waals surface area contributed by atoms with Gasteiger partial charge in [0.05, 0.1) is 19.8 Å². The summed E-state index contributed by atoms with van der Waals surface area (Å²) in [4.78, 5) is 13.3. The Labute approximate surface area is 184 Å². The van der Waals surface area contributed by atoms with Crippen molar-refractivity contribution in [1.82, 2.24) is 0 Å². The highest BCUT2D eigenvalue weighted by atomic mass is 16.5. The summed E-state index contributed by atoms with van der Waals surface area (Å²) in [5.41, 5.74) is 3.97. The van der Waals surface area contributed by atoms with Gasteiger partial charge in [-0.3, -0.25) is 0 Å². The highest BCUT2D eigenvalue weighted by Gasteiger charge is 2.15. The van der Waals surface area contributed by atoms with Crippen LogP contribution in [0.4, 0.5) is 5.69 Å².